The van der Waals surface area contributed by atoms with Gasteiger partial charge in [-0.15, -0.1) is 0 Å². The minimum Gasteiger partial charge on any atom is -0.481 e. The topological polar surface area (TPSA) is 117 Å². The number of fused-ring (bicyclic) bond motifs is 1. The van der Waals surface area contributed by atoms with Crippen LogP contribution in [0.3, 0.4) is 0 Å². The molecule has 1 aromatic heterocycles. The van der Waals surface area contributed by atoms with Crippen LogP contribution in [0.5, 0.6) is 0 Å². The van der Waals surface area contributed by atoms with Crippen LogP contribution in [0, 0.1) is 11.7 Å². The molecule has 0 bridgehead atoms. The van der Waals surface area contributed by atoms with Gasteiger partial charge in [0.25, 0.3) is 11.8 Å². The summed E-state index contributed by atoms with van der Waals surface area (Å²) in [5.41, 5.74) is 1.09. The number of rotatable bonds is 8. The number of carbonyl (C=O) groups excluding carboxylic acids is 2. The van der Waals surface area contributed by atoms with Gasteiger partial charge in [-0.3, -0.25) is 19.1 Å². The molecule has 9 nitrogen and oxygen atoms in total. The van der Waals surface area contributed by atoms with Crippen molar-refractivity contribution in [2.75, 3.05) is 28.6 Å². The fraction of sp³-hybridized carbons (Fsp3) is 0.290. The van der Waals surface area contributed by atoms with E-state index in [0.717, 1.165) is 29.7 Å². The molecule has 0 saturated carbocycles. The van der Waals surface area contributed by atoms with E-state index in [9.17, 15) is 37.1 Å². The largest absolute Gasteiger partial charge is 0.481 e. The molecule has 1 fully saturated rings. The third kappa shape index (κ3) is 6.99. The average molecular weight is 612 g/mol. The van der Waals surface area contributed by atoms with Gasteiger partial charge in [-0.1, -0.05) is 25.1 Å². The second kappa shape index (κ2) is 12.3. The predicted octanol–water partition coefficient (Wildman–Crippen LogP) is 6.11. The van der Waals surface area contributed by atoms with Crippen LogP contribution in [0.4, 0.5) is 34.6 Å². The molecular weight excluding hydrogens is 582 g/mol. The van der Waals surface area contributed by atoms with Crippen molar-refractivity contribution in [3.8, 4) is 0 Å². The summed E-state index contributed by atoms with van der Waals surface area (Å²) in [5, 5.41) is 18.8. The Labute approximate surface area is 249 Å². The van der Waals surface area contributed by atoms with Crippen molar-refractivity contribution in [1.82, 2.24) is 9.78 Å². The van der Waals surface area contributed by atoms with Crippen LogP contribution in [-0.2, 0) is 17.8 Å². The summed E-state index contributed by atoms with van der Waals surface area (Å²) in [6.45, 7) is 2.14. The molecule has 0 aliphatic carbocycles. The number of carboxylic acids is 1. The number of aliphatic carboxylic acids is 1. The molecule has 2 amide bonds. The van der Waals surface area contributed by atoms with E-state index in [1.807, 2.05) is 0 Å². The lowest BCUT2D eigenvalue weighted by Crippen LogP contribution is -2.33. The number of hydrogen-bond donors (Lipinski definition) is 3. The SMILES string of the molecule is CC1CCN(c2ccc(C(=O)Nc3ccc(F)cc3CC(=O)O)cc2NC(=O)c2nn(CC(F)(F)F)c3ccccc23)CC1. The van der Waals surface area contributed by atoms with Crippen LogP contribution in [0.15, 0.2) is 60.7 Å². The quantitative estimate of drug-likeness (QED) is 0.207. The zero-order valence-corrected chi connectivity index (χ0v) is 23.6. The molecular formula is C31H29F4N5O4. The third-order valence-corrected chi connectivity index (χ3v) is 7.49. The van der Waals surface area contributed by atoms with Crippen molar-refractivity contribution in [2.45, 2.75) is 38.9 Å². The number of hydrogen-bond acceptors (Lipinski definition) is 5. The summed E-state index contributed by atoms with van der Waals surface area (Å²) in [7, 11) is 0. The summed E-state index contributed by atoms with van der Waals surface area (Å²) in [4.78, 5) is 40.2. The second-order valence-electron chi connectivity index (χ2n) is 10.8. The highest BCUT2D eigenvalue weighted by molar-refractivity contribution is 6.13. The standard InChI is InChI=1S/C31H29F4N5O4/c1-18-10-12-39(13-11-18)26-9-6-19(29(43)36-23-8-7-21(32)14-20(23)16-27(41)42)15-24(26)37-30(44)28-22-4-2-3-5-25(22)40(38-28)17-31(33,34)35/h2-9,14-15,18H,10-13,16-17H2,1H3,(H,36,43)(H,37,44)(H,41,42). The summed E-state index contributed by atoms with van der Waals surface area (Å²) in [6, 6.07) is 14.2. The number of nitrogens with zero attached hydrogens (tertiary/aromatic N) is 3. The summed E-state index contributed by atoms with van der Waals surface area (Å²) in [5.74, 6) is -2.75. The zero-order chi connectivity index (χ0) is 31.6. The lowest BCUT2D eigenvalue weighted by atomic mass is 9.98. The van der Waals surface area contributed by atoms with E-state index in [-0.39, 0.29) is 39.1 Å². The van der Waals surface area contributed by atoms with E-state index in [4.69, 9.17) is 0 Å². The van der Waals surface area contributed by atoms with Gasteiger partial charge < -0.3 is 20.6 Å². The maximum absolute atomic E-state index is 13.8. The van der Waals surface area contributed by atoms with Crippen molar-refractivity contribution in [1.29, 1.82) is 0 Å². The fourth-order valence-electron chi connectivity index (χ4n) is 5.26. The van der Waals surface area contributed by atoms with Gasteiger partial charge in [-0.05, 0) is 66.8 Å². The van der Waals surface area contributed by atoms with E-state index in [1.165, 1.54) is 24.3 Å². The van der Waals surface area contributed by atoms with E-state index in [0.29, 0.717) is 24.7 Å². The van der Waals surface area contributed by atoms with Gasteiger partial charge in [0.1, 0.15) is 12.4 Å². The minimum absolute atomic E-state index is 0.0692. The summed E-state index contributed by atoms with van der Waals surface area (Å²) in [6.07, 6.45) is -3.27. The molecule has 0 unspecified atom stereocenters. The molecule has 13 heteroatoms. The highest BCUT2D eigenvalue weighted by atomic mass is 19.4. The van der Waals surface area contributed by atoms with Crippen LogP contribution < -0.4 is 15.5 Å². The molecule has 1 aliphatic heterocycles. The molecule has 3 aromatic carbocycles. The number of para-hydroxylation sites is 1. The van der Waals surface area contributed by atoms with Crippen molar-refractivity contribution in [3.63, 3.8) is 0 Å². The molecule has 0 radical (unpaired) electrons. The first-order valence-electron chi connectivity index (χ1n) is 13.9. The molecule has 5 rings (SSSR count). The van der Waals surface area contributed by atoms with Crippen LogP contribution in [0.25, 0.3) is 10.9 Å². The van der Waals surface area contributed by atoms with Gasteiger partial charge in [-0.25, -0.2) is 4.39 Å². The Kier molecular flexibility index (Phi) is 8.56. The Morgan fingerprint density at radius 1 is 0.955 bits per heavy atom. The van der Waals surface area contributed by atoms with E-state index < -0.39 is 42.7 Å². The highest BCUT2D eigenvalue weighted by Gasteiger charge is 2.31. The first-order valence-corrected chi connectivity index (χ1v) is 13.9. The zero-order valence-electron chi connectivity index (χ0n) is 23.6. The number of anilines is 3. The number of alkyl halides is 3. The first kappa shape index (κ1) is 30.5. The van der Waals surface area contributed by atoms with Crippen molar-refractivity contribution in [3.05, 3.63) is 83.3 Å². The molecule has 0 spiro atoms. The van der Waals surface area contributed by atoms with Gasteiger partial charge in [0.15, 0.2) is 5.69 Å². The molecule has 1 saturated heterocycles. The lowest BCUT2D eigenvalue weighted by Gasteiger charge is -2.33. The molecule has 2 heterocycles. The van der Waals surface area contributed by atoms with Gasteiger partial charge in [0.05, 0.1) is 23.3 Å². The highest BCUT2D eigenvalue weighted by Crippen LogP contribution is 2.33. The predicted molar refractivity (Wildman–Crippen MR) is 156 cm³/mol. The van der Waals surface area contributed by atoms with Gasteiger partial charge in [0.2, 0.25) is 0 Å². The van der Waals surface area contributed by atoms with Gasteiger partial charge in [0, 0.05) is 29.7 Å². The molecule has 1 aliphatic rings. The Hall–Kier alpha value is -4.94. The Morgan fingerprint density at radius 2 is 1.66 bits per heavy atom. The monoisotopic (exact) mass is 611 g/mol. The normalized spacial score (nSPS) is 14.1. The third-order valence-electron chi connectivity index (χ3n) is 7.49. The van der Waals surface area contributed by atoms with Crippen LogP contribution in [0.1, 0.15) is 46.2 Å². The number of halogens is 4. The lowest BCUT2D eigenvalue weighted by molar-refractivity contribution is -0.142. The van der Waals surface area contributed by atoms with Gasteiger partial charge >= 0.3 is 12.1 Å². The molecule has 4 aromatic rings. The van der Waals surface area contributed by atoms with E-state index in [1.54, 1.807) is 24.3 Å². The maximum atomic E-state index is 13.8. The molecule has 3 N–H and O–H groups in total. The number of carbonyl (C=O) groups is 3. The number of carboxylic acid groups (broad SMARTS) is 1. The second-order valence-corrected chi connectivity index (χ2v) is 10.8. The molecule has 0 atom stereocenters. The van der Waals surface area contributed by atoms with Crippen molar-refractivity contribution < 1.29 is 37.1 Å². The first-order chi connectivity index (χ1) is 20.9. The van der Waals surface area contributed by atoms with E-state index >= 15 is 0 Å². The fourth-order valence-corrected chi connectivity index (χ4v) is 5.26. The molecule has 230 valence electrons. The number of piperidine rings is 1. The summed E-state index contributed by atoms with van der Waals surface area (Å²) < 4.78 is 54.3. The smallest absolute Gasteiger partial charge is 0.408 e. The molecule has 44 heavy (non-hydrogen) atoms. The minimum atomic E-state index is -4.56. The number of aromatic nitrogens is 2. The van der Waals surface area contributed by atoms with E-state index in [2.05, 4.69) is 27.6 Å². The van der Waals surface area contributed by atoms with Crippen molar-refractivity contribution in [2.24, 2.45) is 5.92 Å². The van der Waals surface area contributed by atoms with Crippen LogP contribution in [0.2, 0.25) is 0 Å². The van der Waals surface area contributed by atoms with Gasteiger partial charge in [-0.2, -0.15) is 18.3 Å². The Morgan fingerprint density at radius 3 is 2.36 bits per heavy atom. The van der Waals surface area contributed by atoms with Crippen molar-refractivity contribution >= 4 is 45.7 Å². The number of amides is 2. The number of benzene rings is 3. The maximum Gasteiger partial charge on any atom is 0.408 e. The van der Waals surface area contributed by atoms with Crippen LogP contribution >= 0.6 is 0 Å². The van der Waals surface area contributed by atoms with Crippen LogP contribution in [-0.4, -0.2) is 51.9 Å². The Balaban J connectivity index is 1.49. The number of nitrogens with one attached hydrogen (secondary N) is 2. The average Bonchev–Trinajstić information content (AvgIpc) is 3.32. The summed E-state index contributed by atoms with van der Waals surface area (Å²) >= 11 is 0. The Bertz CT molecular complexity index is 1730.